The van der Waals surface area contributed by atoms with Crippen molar-refractivity contribution in [3.05, 3.63) is 60.4 Å². The normalized spacial score (nSPS) is 14.3. The molecule has 2 aromatic carbocycles. The molecule has 0 radical (unpaired) electrons. The van der Waals surface area contributed by atoms with E-state index < -0.39 is 0 Å². The molecule has 1 fully saturated rings. The van der Waals surface area contributed by atoms with E-state index in [0.29, 0.717) is 18.7 Å². The van der Waals surface area contributed by atoms with Crippen molar-refractivity contribution in [1.82, 2.24) is 25.1 Å². The lowest BCUT2D eigenvalue weighted by molar-refractivity contribution is 0.0747. The molecule has 1 aromatic heterocycles. The van der Waals surface area contributed by atoms with Gasteiger partial charge < -0.3 is 14.5 Å². The average molecular weight is 364 g/mol. The van der Waals surface area contributed by atoms with Crippen LogP contribution in [-0.2, 0) is 0 Å². The van der Waals surface area contributed by atoms with Gasteiger partial charge in [0.15, 0.2) is 0 Å². The third kappa shape index (κ3) is 3.59. The molecule has 0 spiro atoms. The quantitative estimate of drug-likeness (QED) is 0.700. The van der Waals surface area contributed by atoms with Gasteiger partial charge in [-0.05, 0) is 46.8 Å². The molecule has 0 unspecified atom stereocenters. The zero-order chi connectivity index (χ0) is 18.6. The Morgan fingerprint density at radius 2 is 1.78 bits per heavy atom. The van der Waals surface area contributed by atoms with Crippen LogP contribution in [0.4, 0.5) is 5.69 Å². The fourth-order valence-electron chi connectivity index (χ4n) is 3.19. The molecule has 8 heteroatoms. The Morgan fingerprint density at radius 3 is 2.44 bits per heavy atom. The smallest absolute Gasteiger partial charge is 0.253 e. The molecule has 8 nitrogen and oxygen atoms in total. The molecule has 138 valence electrons. The van der Waals surface area contributed by atoms with Crippen LogP contribution in [0.25, 0.3) is 5.69 Å². The average Bonchev–Trinajstić information content (AvgIpc) is 3.28. The van der Waals surface area contributed by atoms with Gasteiger partial charge in [0.2, 0.25) is 0 Å². The Hall–Kier alpha value is -3.42. The zero-order valence-corrected chi connectivity index (χ0v) is 15.0. The van der Waals surface area contributed by atoms with Gasteiger partial charge in [-0.2, -0.15) is 0 Å². The number of hydrogen-bond donors (Lipinski definition) is 0. The summed E-state index contributed by atoms with van der Waals surface area (Å²) >= 11 is 0. The molecule has 3 aromatic rings. The lowest BCUT2D eigenvalue weighted by Crippen LogP contribution is -2.48. The lowest BCUT2D eigenvalue weighted by atomic mass is 10.1. The first-order valence-electron chi connectivity index (χ1n) is 8.76. The molecule has 0 saturated carbocycles. The van der Waals surface area contributed by atoms with Crippen LogP contribution in [0.3, 0.4) is 0 Å². The summed E-state index contributed by atoms with van der Waals surface area (Å²) in [6.45, 7) is 2.96. The van der Waals surface area contributed by atoms with Crippen molar-refractivity contribution >= 4 is 11.6 Å². The summed E-state index contributed by atoms with van der Waals surface area (Å²) in [4.78, 5) is 16.9. The fourth-order valence-corrected chi connectivity index (χ4v) is 3.19. The van der Waals surface area contributed by atoms with Crippen molar-refractivity contribution < 1.29 is 9.53 Å². The molecule has 1 amide bonds. The predicted molar refractivity (Wildman–Crippen MR) is 100 cm³/mol. The highest BCUT2D eigenvalue weighted by Crippen LogP contribution is 2.22. The Kier molecular flexibility index (Phi) is 4.69. The molecular formula is C19H20N6O2. The van der Waals surface area contributed by atoms with Crippen LogP contribution in [0.1, 0.15) is 10.4 Å². The number of benzene rings is 2. The van der Waals surface area contributed by atoms with Crippen LogP contribution in [0.15, 0.2) is 54.9 Å². The third-order valence-corrected chi connectivity index (χ3v) is 4.71. The summed E-state index contributed by atoms with van der Waals surface area (Å²) in [7, 11) is 1.67. The number of methoxy groups -OCH3 is 1. The number of nitrogens with zero attached hydrogens (tertiary/aromatic N) is 6. The van der Waals surface area contributed by atoms with E-state index in [1.54, 1.807) is 11.8 Å². The minimum Gasteiger partial charge on any atom is -0.497 e. The molecule has 4 rings (SSSR count). The van der Waals surface area contributed by atoms with Crippen molar-refractivity contribution in [2.45, 2.75) is 0 Å². The van der Waals surface area contributed by atoms with E-state index in [0.717, 1.165) is 30.2 Å². The highest BCUT2D eigenvalue weighted by molar-refractivity contribution is 5.94. The second-order valence-electron chi connectivity index (χ2n) is 6.28. The van der Waals surface area contributed by atoms with Gasteiger partial charge in [-0.1, -0.05) is 6.07 Å². The maximum Gasteiger partial charge on any atom is 0.253 e. The van der Waals surface area contributed by atoms with Crippen LogP contribution in [-0.4, -0.2) is 64.3 Å². The van der Waals surface area contributed by atoms with E-state index in [1.165, 1.54) is 6.33 Å². The molecule has 1 aliphatic rings. The van der Waals surface area contributed by atoms with E-state index in [1.807, 2.05) is 47.4 Å². The first-order chi connectivity index (χ1) is 13.2. The van der Waals surface area contributed by atoms with Crippen molar-refractivity contribution in [3.8, 4) is 11.4 Å². The number of aromatic nitrogens is 4. The molecule has 27 heavy (non-hydrogen) atoms. The minimum atomic E-state index is 0.0450. The fraction of sp³-hybridized carbons (Fsp3) is 0.263. The lowest BCUT2D eigenvalue weighted by Gasteiger charge is -2.36. The maximum atomic E-state index is 12.8. The second-order valence-corrected chi connectivity index (χ2v) is 6.28. The number of anilines is 1. The van der Waals surface area contributed by atoms with E-state index in [4.69, 9.17) is 4.74 Å². The van der Waals surface area contributed by atoms with Gasteiger partial charge in [-0.3, -0.25) is 4.79 Å². The van der Waals surface area contributed by atoms with Crippen molar-refractivity contribution in [2.75, 3.05) is 38.2 Å². The number of carbonyl (C=O) groups is 1. The molecule has 0 bridgehead atoms. The second kappa shape index (κ2) is 7.45. The van der Waals surface area contributed by atoms with Crippen molar-refractivity contribution in [1.29, 1.82) is 0 Å². The van der Waals surface area contributed by atoms with Crippen molar-refractivity contribution in [3.63, 3.8) is 0 Å². The molecule has 2 heterocycles. The standard InChI is InChI=1S/C19H20N6O2/c1-27-18-4-2-3-17(13-18)23-9-11-24(12-10-23)19(26)15-5-7-16(8-6-15)25-14-20-21-22-25/h2-8,13-14H,9-12H2,1H3. The Labute approximate surface area is 157 Å². The van der Waals surface area contributed by atoms with Gasteiger partial charge in [-0.25, -0.2) is 4.68 Å². The number of ether oxygens (including phenoxy) is 1. The maximum absolute atomic E-state index is 12.8. The van der Waals surface area contributed by atoms with E-state index >= 15 is 0 Å². The molecule has 0 aliphatic carbocycles. The number of hydrogen-bond acceptors (Lipinski definition) is 6. The Balaban J connectivity index is 1.39. The molecule has 1 aliphatic heterocycles. The van der Waals surface area contributed by atoms with Gasteiger partial charge in [0.25, 0.3) is 5.91 Å². The van der Waals surface area contributed by atoms with Crippen LogP contribution in [0, 0.1) is 0 Å². The topological polar surface area (TPSA) is 76.4 Å². The number of carbonyl (C=O) groups excluding carboxylic acids is 1. The number of rotatable bonds is 4. The number of tetrazole rings is 1. The highest BCUT2D eigenvalue weighted by Gasteiger charge is 2.22. The monoisotopic (exact) mass is 364 g/mol. The SMILES string of the molecule is COc1cccc(N2CCN(C(=O)c3ccc(-n4cnnn4)cc3)CC2)c1. The van der Waals surface area contributed by atoms with Gasteiger partial charge in [0, 0.05) is 43.5 Å². The third-order valence-electron chi connectivity index (χ3n) is 4.71. The summed E-state index contributed by atoms with van der Waals surface area (Å²) in [5.74, 6) is 0.886. The summed E-state index contributed by atoms with van der Waals surface area (Å²) in [5, 5.41) is 11.1. The first-order valence-corrected chi connectivity index (χ1v) is 8.76. The molecule has 0 N–H and O–H groups in total. The van der Waals surface area contributed by atoms with Crippen LogP contribution in [0.2, 0.25) is 0 Å². The first kappa shape index (κ1) is 17.0. The molecule has 0 atom stereocenters. The van der Waals surface area contributed by atoms with E-state index in [-0.39, 0.29) is 5.91 Å². The van der Waals surface area contributed by atoms with Gasteiger partial charge in [0.1, 0.15) is 12.1 Å². The van der Waals surface area contributed by atoms with Gasteiger partial charge >= 0.3 is 0 Å². The van der Waals surface area contributed by atoms with Crippen molar-refractivity contribution in [2.24, 2.45) is 0 Å². The molecule has 1 saturated heterocycles. The minimum absolute atomic E-state index is 0.0450. The summed E-state index contributed by atoms with van der Waals surface area (Å²) in [6, 6.07) is 15.3. The predicted octanol–water partition coefficient (Wildman–Crippen LogP) is 1.63. The largest absolute Gasteiger partial charge is 0.497 e. The summed E-state index contributed by atoms with van der Waals surface area (Å²) in [5.41, 5.74) is 2.60. The van der Waals surface area contributed by atoms with Crippen LogP contribution in [0.5, 0.6) is 5.75 Å². The van der Waals surface area contributed by atoms with Gasteiger partial charge in [0.05, 0.1) is 12.8 Å². The number of amides is 1. The summed E-state index contributed by atoms with van der Waals surface area (Å²) < 4.78 is 6.85. The van der Waals surface area contributed by atoms with E-state index in [9.17, 15) is 4.79 Å². The Morgan fingerprint density at radius 1 is 1.00 bits per heavy atom. The molecular weight excluding hydrogens is 344 g/mol. The zero-order valence-electron chi connectivity index (χ0n) is 15.0. The highest BCUT2D eigenvalue weighted by atomic mass is 16.5. The Bertz CT molecular complexity index is 902. The van der Waals surface area contributed by atoms with E-state index in [2.05, 4.69) is 26.5 Å². The van der Waals surface area contributed by atoms with Crippen LogP contribution >= 0.6 is 0 Å². The van der Waals surface area contributed by atoms with Gasteiger partial charge in [-0.15, -0.1) is 5.10 Å². The number of piperazine rings is 1. The van der Waals surface area contributed by atoms with Crippen LogP contribution < -0.4 is 9.64 Å². The summed E-state index contributed by atoms with van der Waals surface area (Å²) in [6.07, 6.45) is 1.52.